The number of rotatable bonds is 4. The van der Waals surface area contributed by atoms with Crippen LogP contribution in [0.25, 0.3) is 22.0 Å². The minimum absolute atomic E-state index is 0.178. The van der Waals surface area contributed by atoms with Crippen molar-refractivity contribution in [1.82, 2.24) is 15.3 Å². The third-order valence-electron chi connectivity index (χ3n) is 4.44. The average Bonchev–Trinajstić information content (AvgIpc) is 3.25. The molecule has 0 atom stereocenters. The highest BCUT2D eigenvalue weighted by molar-refractivity contribution is 7.09. The van der Waals surface area contributed by atoms with Crippen molar-refractivity contribution in [2.75, 3.05) is 0 Å². The van der Waals surface area contributed by atoms with Crippen molar-refractivity contribution >= 4 is 28.1 Å². The summed E-state index contributed by atoms with van der Waals surface area (Å²) in [4.78, 5) is 31.9. The quantitative estimate of drug-likeness (QED) is 0.498. The molecule has 0 unspecified atom stereocenters. The van der Waals surface area contributed by atoms with Crippen molar-refractivity contribution in [3.05, 3.63) is 86.6 Å². The molecule has 2 N–H and O–H groups in total. The first kappa shape index (κ1) is 19.8. The van der Waals surface area contributed by atoms with Crippen molar-refractivity contribution in [2.24, 2.45) is 0 Å². The van der Waals surface area contributed by atoms with Crippen LogP contribution in [-0.4, -0.2) is 15.9 Å². The number of hydrogen-bond donors (Lipinski definition) is 2. The van der Waals surface area contributed by atoms with E-state index in [0.29, 0.717) is 5.56 Å². The summed E-state index contributed by atoms with van der Waals surface area (Å²) in [5, 5.41) is 4.14. The van der Waals surface area contributed by atoms with E-state index < -0.39 is 34.5 Å². The number of amides is 1. The van der Waals surface area contributed by atoms with Crippen molar-refractivity contribution in [1.29, 1.82) is 0 Å². The second-order valence-electron chi connectivity index (χ2n) is 6.46. The zero-order valence-electron chi connectivity index (χ0n) is 15.3. The second-order valence-corrected chi connectivity index (χ2v) is 7.49. The number of halogens is 3. The van der Waals surface area contributed by atoms with Crippen LogP contribution in [0.5, 0.6) is 0 Å². The molecule has 1 amide bonds. The number of aromatic amines is 1. The number of hydrogen-bond acceptors (Lipinski definition) is 4. The number of carbonyl (C=O) groups excluding carboxylic acids is 1. The smallest absolute Gasteiger partial charge is 0.344 e. The molecule has 0 saturated carbocycles. The second kappa shape index (κ2) is 7.75. The summed E-state index contributed by atoms with van der Waals surface area (Å²) in [5.41, 5.74) is -1.69. The van der Waals surface area contributed by atoms with Gasteiger partial charge in [0.1, 0.15) is 0 Å². The molecule has 0 spiro atoms. The Hall–Kier alpha value is -3.46. The summed E-state index contributed by atoms with van der Waals surface area (Å²) in [6.45, 7) is 0.178. The molecular weight excluding hydrogens is 415 g/mol. The lowest BCUT2D eigenvalue weighted by Crippen LogP contribution is -2.27. The van der Waals surface area contributed by atoms with Gasteiger partial charge in [0, 0.05) is 4.88 Å². The molecule has 2 aromatic carbocycles. The first-order valence-electron chi connectivity index (χ1n) is 8.84. The third kappa shape index (κ3) is 3.97. The van der Waals surface area contributed by atoms with Crippen LogP contribution in [0.4, 0.5) is 13.2 Å². The Morgan fingerprint density at radius 1 is 1.07 bits per heavy atom. The monoisotopic (exact) mass is 429 g/mol. The van der Waals surface area contributed by atoms with Crippen LogP contribution in [0.2, 0.25) is 0 Å². The van der Waals surface area contributed by atoms with Crippen LogP contribution in [-0.2, 0) is 12.7 Å². The lowest BCUT2D eigenvalue weighted by Gasteiger charge is -2.13. The summed E-state index contributed by atoms with van der Waals surface area (Å²) < 4.78 is 41.3. The summed E-state index contributed by atoms with van der Waals surface area (Å²) >= 11 is 1.42. The Bertz CT molecular complexity index is 1270. The van der Waals surface area contributed by atoms with E-state index in [1.54, 1.807) is 36.4 Å². The van der Waals surface area contributed by atoms with Crippen LogP contribution >= 0.6 is 11.3 Å². The van der Waals surface area contributed by atoms with Crippen LogP contribution in [0, 0.1) is 0 Å². The van der Waals surface area contributed by atoms with Crippen LogP contribution in [0.1, 0.15) is 21.1 Å². The summed E-state index contributed by atoms with van der Waals surface area (Å²) in [7, 11) is 0. The number of nitrogens with zero attached hydrogens (tertiary/aromatic N) is 1. The molecule has 0 aliphatic heterocycles. The number of thiophene rings is 1. The molecule has 5 nitrogen and oxygen atoms in total. The Kier molecular flexibility index (Phi) is 5.13. The molecule has 0 radical (unpaired) electrons. The minimum Gasteiger partial charge on any atom is -0.344 e. The van der Waals surface area contributed by atoms with Gasteiger partial charge in [-0.15, -0.1) is 11.3 Å². The largest absolute Gasteiger partial charge is 0.418 e. The lowest BCUT2D eigenvalue weighted by molar-refractivity contribution is -0.136. The maximum absolute atomic E-state index is 13.8. The van der Waals surface area contributed by atoms with Crippen LogP contribution < -0.4 is 10.9 Å². The Morgan fingerprint density at radius 3 is 2.50 bits per heavy atom. The van der Waals surface area contributed by atoms with E-state index in [1.165, 1.54) is 17.4 Å². The Labute approximate surface area is 172 Å². The number of H-pyrrole nitrogens is 1. The normalized spacial score (nSPS) is 11.6. The van der Waals surface area contributed by atoms with E-state index in [0.717, 1.165) is 10.9 Å². The molecular formula is C21H14F3N3O2S. The first-order chi connectivity index (χ1) is 14.3. The topological polar surface area (TPSA) is 74.8 Å². The van der Waals surface area contributed by atoms with Gasteiger partial charge in [0.25, 0.3) is 11.5 Å². The molecule has 0 aliphatic carbocycles. The van der Waals surface area contributed by atoms with E-state index in [9.17, 15) is 22.8 Å². The van der Waals surface area contributed by atoms with Crippen molar-refractivity contribution in [3.63, 3.8) is 0 Å². The molecule has 4 rings (SSSR count). The molecule has 2 heterocycles. The number of fused-ring (bicyclic) bond motifs is 1. The summed E-state index contributed by atoms with van der Waals surface area (Å²) in [6, 6.07) is 14.3. The fraction of sp³-hybridized carbons (Fsp3) is 0.0952. The van der Waals surface area contributed by atoms with Gasteiger partial charge in [0.05, 0.1) is 23.0 Å². The van der Waals surface area contributed by atoms with Gasteiger partial charge in [-0.05, 0) is 34.7 Å². The summed E-state index contributed by atoms with van der Waals surface area (Å²) in [6.07, 6.45) is -4.76. The number of nitrogens with one attached hydrogen (secondary N) is 2. The Morgan fingerprint density at radius 2 is 1.83 bits per heavy atom. The zero-order valence-corrected chi connectivity index (χ0v) is 16.1. The maximum Gasteiger partial charge on any atom is 0.418 e. The van der Waals surface area contributed by atoms with Crippen molar-refractivity contribution in [3.8, 4) is 11.1 Å². The van der Waals surface area contributed by atoms with Crippen molar-refractivity contribution < 1.29 is 18.0 Å². The predicted octanol–water partition coefficient (Wildman–Crippen LogP) is 4.60. The van der Waals surface area contributed by atoms with Gasteiger partial charge in [-0.1, -0.05) is 36.4 Å². The van der Waals surface area contributed by atoms with Gasteiger partial charge in [0.2, 0.25) is 0 Å². The average molecular weight is 429 g/mol. The highest BCUT2D eigenvalue weighted by Gasteiger charge is 2.35. The highest BCUT2D eigenvalue weighted by atomic mass is 32.1. The predicted molar refractivity (Wildman–Crippen MR) is 108 cm³/mol. The lowest BCUT2D eigenvalue weighted by atomic mass is 9.99. The molecule has 152 valence electrons. The molecule has 0 bridgehead atoms. The number of aromatic nitrogens is 2. The molecule has 2 aromatic heterocycles. The fourth-order valence-electron chi connectivity index (χ4n) is 3.03. The van der Waals surface area contributed by atoms with E-state index >= 15 is 0 Å². The molecule has 0 saturated heterocycles. The molecule has 30 heavy (non-hydrogen) atoms. The molecule has 9 heteroatoms. The highest BCUT2D eigenvalue weighted by Crippen LogP contribution is 2.36. The van der Waals surface area contributed by atoms with Crippen molar-refractivity contribution in [2.45, 2.75) is 12.7 Å². The van der Waals surface area contributed by atoms with E-state index in [2.05, 4.69) is 15.3 Å². The number of benzene rings is 2. The zero-order chi connectivity index (χ0) is 21.3. The van der Waals surface area contributed by atoms with Gasteiger partial charge >= 0.3 is 6.18 Å². The standard InChI is InChI=1S/C21H14F3N3O2S/c22-21(23,24)16-10-13(12-5-2-1-3-6-12)9-15-17(16)26-18(27-19(15)28)20(29)25-11-14-7-4-8-30-14/h1-10H,11H2,(H,25,29)(H,26,27,28). The van der Waals surface area contributed by atoms with Gasteiger partial charge in [-0.3, -0.25) is 9.59 Å². The molecule has 0 fully saturated rings. The minimum atomic E-state index is -4.76. The molecule has 0 aliphatic rings. The SMILES string of the molecule is O=C(NCc1cccs1)c1nc2c(C(F)(F)F)cc(-c3ccccc3)cc2c(=O)[nH]1. The number of alkyl halides is 3. The van der Waals surface area contributed by atoms with Gasteiger partial charge in [-0.25, -0.2) is 4.98 Å². The Balaban J connectivity index is 1.81. The van der Waals surface area contributed by atoms with Gasteiger partial charge in [0.15, 0.2) is 5.82 Å². The number of carbonyl (C=O) groups is 1. The van der Waals surface area contributed by atoms with E-state index in [-0.39, 0.29) is 17.5 Å². The van der Waals surface area contributed by atoms with Gasteiger partial charge in [-0.2, -0.15) is 13.2 Å². The van der Waals surface area contributed by atoms with Crippen LogP contribution in [0.15, 0.2) is 64.8 Å². The third-order valence-corrected chi connectivity index (χ3v) is 5.32. The summed E-state index contributed by atoms with van der Waals surface area (Å²) in [5.74, 6) is -1.23. The molecule has 4 aromatic rings. The maximum atomic E-state index is 13.8. The fourth-order valence-corrected chi connectivity index (χ4v) is 3.67. The van der Waals surface area contributed by atoms with E-state index in [1.807, 2.05) is 11.4 Å². The first-order valence-corrected chi connectivity index (χ1v) is 9.72. The van der Waals surface area contributed by atoms with Crippen LogP contribution in [0.3, 0.4) is 0 Å². The van der Waals surface area contributed by atoms with E-state index in [4.69, 9.17) is 0 Å². The van der Waals surface area contributed by atoms with Gasteiger partial charge < -0.3 is 10.3 Å².